The number of rotatable bonds is 8. The van der Waals surface area contributed by atoms with Crippen LogP contribution < -0.4 is 0 Å². The van der Waals surface area contributed by atoms with Crippen LogP contribution in [0.2, 0.25) is 0 Å². The molecule has 9 nitrogen and oxygen atoms in total. The van der Waals surface area contributed by atoms with Gasteiger partial charge in [0.05, 0.1) is 28.4 Å². The number of carbonyl (C=O) groups is 5. The van der Waals surface area contributed by atoms with E-state index in [1.165, 1.54) is 24.9 Å². The summed E-state index contributed by atoms with van der Waals surface area (Å²) in [6, 6.07) is 9.01. The molecule has 1 aromatic rings. The number of Topliss-reactive ketones (excluding diaryl/α,β-unsaturated/α-hetero) is 1. The predicted octanol–water partition coefficient (Wildman–Crippen LogP) is 2.33. The van der Waals surface area contributed by atoms with E-state index in [2.05, 4.69) is 0 Å². The topological polar surface area (TPSA) is 122 Å². The van der Waals surface area contributed by atoms with Crippen molar-refractivity contribution in [3.63, 3.8) is 0 Å². The number of carbonyl (C=O) groups excluding carboxylic acids is 5. The lowest BCUT2D eigenvalue weighted by atomic mass is 9.59. The van der Waals surface area contributed by atoms with Gasteiger partial charge in [-0.25, -0.2) is 4.79 Å². The van der Waals surface area contributed by atoms with E-state index in [0.29, 0.717) is 4.91 Å². The van der Waals surface area contributed by atoms with Crippen LogP contribution in [0, 0.1) is 17.3 Å². The Morgan fingerprint density at radius 1 is 0.970 bits per heavy atom. The molecule has 0 bridgehead atoms. The molecule has 1 fully saturated rings. The molecular weight excluding hydrogens is 452 g/mol. The molecule has 1 aliphatic rings. The summed E-state index contributed by atoms with van der Waals surface area (Å²) < 4.78 is 19.4. The van der Waals surface area contributed by atoms with Crippen LogP contribution in [0.1, 0.15) is 19.3 Å². The lowest BCUT2D eigenvalue weighted by molar-refractivity contribution is -0.182. The zero-order chi connectivity index (χ0) is 24.6. The van der Waals surface area contributed by atoms with Crippen LogP contribution in [0.5, 0.6) is 0 Å². The molecule has 2 atom stereocenters. The first kappa shape index (κ1) is 26.1. The van der Waals surface area contributed by atoms with Crippen LogP contribution in [0.15, 0.2) is 46.2 Å². The minimum Gasteiger partial charge on any atom is -0.468 e. The van der Waals surface area contributed by atoms with Crippen molar-refractivity contribution < 1.29 is 42.9 Å². The fraction of sp³-hybridized carbons (Fsp3) is 0.435. The van der Waals surface area contributed by atoms with Crippen LogP contribution in [-0.2, 0) is 42.9 Å². The fourth-order valence-electron chi connectivity index (χ4n) is 4.02. The number of ether oxygens (including phenoxy) is 4. The monoisotopic (exact) mass is 478 g/mol. The van der Waals surface area contributed by atoms with Gasteiger partial charge < -0.3 is 18.9 Å². The molecule has 1 aliphatic carbocycles. The molecule has 0 radical (unpaired) electrons. The van der Waals surface area contributed by atoms with Crippen molar-refractivity contribution in [2.24, 2.45) is 17.3 Å². The highest BCUT2D eigenvalue weighted by atomic mass is 32.2. The summed E-state index contributed by atoms with van der Waals surface area (Å²) in [5.41, 5.74) is -1.94. The summed E-state index contributed by atoms with van der Waals surface area (Å²) in [4.78, 5) is 64.6. The van der Waals surface area contributed by atoms with Gasteiger partial charge in [-0.3, -0.25) is 19.2 Å². The third-order valence-corrected chi connectivity index (χ3v) is 6.65. The average Bonchev–Trinajstić information content (AvgIpc) is 2.83. The van der Waals surface area contributed by atoms with Crippen molar-refractivity contribution in [1.29, 1.82) is 0 Å². The highest BCUT2D eigenvalue weighted by molar-refractivity contribution is 8.03. The lowest BCUT2D eigenvalue weighted by Gasteiger charge is -2.42. The minimum absolute atomic E-state index is 0.162. The molecule has 178 valence electrons. The van der Waals surface area contributed by atoms with E-state index in [1.54, 1.807) is 24.3 Å². The van der Waals surface area contributed by atoms with Gasteiger partial charge in [-0.15, -0.1) is 0 Å². The Morgan fingerprint density at radius 2 is 1.58 bits per heavy atom. The van der Waals surface area contributed by atoms with Crippen molar-refractivity contribution >= 4 is 41.4 Å². The minimum atomic E-state index is -1.94. The second-order valence-corrected chi connectivity index (χ2v) is 8.48. The van der Waals surface area contributed by atoms with Crippen LogP contribution in [0.4, 0.5) is 0 Å². The standard InChI is InChI=1S/C23H26O9S/c1-29-18(25)13-15(33-14-8-6-5-7-9-14)12-16-19(20(26)30-2)17(24)10-11-23(16,21(27)31-3)22(28)32-4/h5-9,13,16,19H,10-12H2,1-4H3/b15-13+. The van der Waals surface area contributed by atoms with Crippen molar-refractivity contribution in [1.82, 2.24) is 0 Å². The van der Waals surface area contributed by atoms with Gasteiger partial charge in [-0.1, -0.05) is 30.0 Å². The van der Waals surface area contributed by atoms with Crippen molar-refractivity contribution in [2.45, 2.75) is 24.2 Å². The van der Waals surface area contributed by atoms with Crippen LogP contribution in [0.3, 0.4) is 0 Å². The highest BCUT2D eigenvalue weighted by Crippen LogP contribution is 2.50. The first-order chi connectivity index (χ1) is 15.7. The second-order valence-electron chi connectivity index (χ2n) is 7.28. The van der Waals surface area contributed by atoms with E-state index in [4.69, 9.17) is 18.9 Å². The van der Waals surface area contributed by atoms with E-state index in [9.17, 15) is 24.0 Å². The average molecular weight is 479 g/mol. The Hall–Kier alpha value is -3.14. The van der Waals surface area contributed by atoms with Gasteiger partial charge in [0, 0.05) is 23.3 Å². The molecule has 0 saturated heterocycles. The van der Waals surface area contributed by atoms with E-state index in [1.807, 2.05) is 6.07 Å². The number of hydrogen-bond donors (Lipinski definition) is 0. The van der Waals surface area contributed by atoms with Crippen LogP contribution in [-0.4, -0.2) is 58.1 Å². The van der Waals surface area contributed by atoms with E-state index < -0.39 is 46.9 Å². The molecule has 0 N–H and O–H groups in total. The van der Waals surface area contributed by atoms with Crippen LogP contribution >= 0.6 is 11.8 Å². The maximum absolute atomic E-state index is 13.0. The van der Waals surface area contributed by atoms with Gasteiger partial charge in [0.15, 0.2) is 5.41 Å². The molecule has 0 heterocycles. The third-order valence-electron chi connectivity index (χ3n) is 5.60. The smallest absolute Gasteiger partial charge is 0.331 e. The summed E-state index contributed by atoms with van der Waals surface area (Å²) in [6.07, 6.45) is 0.613. The molecule has 33 heavy (non-hydrogen) atoms. The van der Waals surface area contributed by atoms with Gasteiger partial charge >= 0.3 is 23.9 Å². The number of benzene rings is 1. The molecule has 0 aromatic heterocycles. The molecule has 2 unspecified atom stereocenters. The largest absolute Gasteiger partial charge is 0.468 e. The SMILES string of the molecule is COC(=O)/C=C(\CC1C(C(=O)OC)C(=O)CCC1(C(=O)OC)C(=O)OC)Sc1ccccc1. The summed E-state index contributed by atoms with van der Waals surface area (Å²) in [5, 5.41) is 0. The Kier molecular flexibility index (Phi) is 9.22. The molecule has 0 amide bonds. The maximum Gasteiger partial charge on any atom is 0.331 e. The van der Waals surface area contributed by atoms with Crippen molar-refractivity contribution in [3.8, 4) is 0 Å². The normalized spacial score (nSPS) is 19.9. The summed E-state index contributed by atoms with van der Waals surface area (Å²) in [5.74, 6) is -6.53. The predicted molar refractivity (Wildman–Crippen MR) is 117 cm³/mol. The van der Waals surface area contributed by atoms with E-state index >= 15 is 0 Å². The molecule has 2 rings (SSSR count). The van der Waals surface area contributed by atoms with Gasteiger partial charge in [-0.05, 0) is 29.9 Å². The van der Waals surface area contributed by atoms with Gasteiger partial charge in [0.25, 0.3) is 0 Å². The van der Waals surface area contributed by atoms with Gasteiger partial charge in [-0.2, -0.15) is 0 Å². The summed E-state index contributed by atoms with van der Waals surface area (Å²) in [7, 11) is 4.54. The molecular formula is C23H26O9S. The first-order valence-electron chi connectivity index (χ1n) is 10.0. The molecule has 10 heteroatoms. The molecule has 0 spiro atoms. The Morgan fingerprint density at radius 3 is 2.09 bits per heavy atom. The second kappa shape index (κ2) is 11.6. The Bertz CT molecular complexity index is 915. The zero-order valence-electron chi connectivity index (χ0n) is 18.8. The number of ketones is 1. The molecule has 0 aliphatic heterocycles. The van der Waals surface area contributed by atoms with E-state index in [-0.39, 0.29) is 19.3 Å². The number of methoxy groups -OCH3 is 4. The quantitative estimate of drug-likeness (QED) is 0.181. The zero-order valence-corrected chi connectivity index (χ0v) is 19.6. The summed E-state index contributed by atoms with van der Waals surface area (Å²) >= 11 is 1.18. The lowest BCUT2D eigenvalue weighted by Crippen LogP contribution is -2.56. The number of hydrogen-bond acceptors (Lipinski definition) is 10. The molecule has 1 aromatic carbocycles. The van der Waals surface area contributed by atoms with Gasteiger partial charge in [0.1, 0.15) is 11.7 Å². The third kappa shape index (κ3) is 5.62. The van der Waals surface area contributed by atoms with Crippen molar-refractivity contribution in [3.05, 3.63) is 41.3 Å². The highest BCUT2D eigenvalue weighted by Gasteiger charge is 2.62. The summed E-state index contributed by atoms with van der Waals surface area (Å²) in [6.45, 7) is 0. The van der Waals surface area contributed by atoms with Gasteiger partial charge in [0.2, 0.25) is 0 Å². The number of allylic oxidation sites excluding steroid dienone is 1. The Labute approximate surface area is 195 Å². The maximum atomic E-state index is 13.0. The van der Waals surface area contributed by atoms with Crippen molar-refractivity contribution in [2.75, 3.05) is 28.4 Å². The van der Waals surface area contributed by atoms with Crippen LogP contribution in [0.25, 0.3) is 0 Å². The first-order valence-corrected chi connectivity index (χ1v) is 10.9. The fourth-order valence-corrected chi connectivity index (χ4v) is 5.03. The Balaban J connectivity index is 2.66. The van der Waals surface area contributed by atoms with E-state index in [0.717, 1.165) is 26.2 Å². The molecule has 1 saturated carbocycles. The number of esters is 4. The number of thioether (sulfide) groups is 1.